The number of rotatable bonds is 6. The number of carbonyl (C=O) groups is 2. The van der Waals surface area contributed by atoms with E-state index in [1.54, 1.807) is 0 Å². The Labute approximate surface area is 179 Å². The van der Waals surface area contributed by atoms with Gasteiger partial charge in [0, 0.05) is 26.2 Å². The third-order valence-electron chi connectivity index (χ3n) is 3.94. The second-order valence-corrected chi connectivity index (χ2v) is 6.87. The zero-order valence-electron chi connectivity index (χ0n) is 16.4. The van der Waals surface area contributed by atoms with Crippen LogP contribution in [0.25, 0.3) is 0 Å². The van der Waals surface area contributed by atoms with Crippen LogP contribution in [0, 0.1) is 10.1 Å². The van der Waals surface area contributed by atoms with Crippen molar-refractivity contribution in [3.8, 4) is 11.5 Å². The van der Waals surface area contributed by atoms with Gasteiger partial charge in [-0.05, 0) is 31.2 Å². The number of nitrogens with zero attached hydrogens (tertiary/aromatic N) is 2. The third-order valence-corrected chi connectivity index (χ3v) is 4.24. The molecule has 0 fully saturated rings. The van der Waals surface area contributed by atoms with Crippen molar-refractivity contribution in [3.05, 3.63) is 62.7 Å². The number of amides is 1. The van der Waals surface area contributed by atoms with Crippen LogP contribution in [0.4, 0.5) is 18.9 Å². The van der Waals surface area contributed by atoms with Gasteiger partial charge in [-0.15, -0.1) is 0 Å². The smallest absolute Gasteiger partial charge is 0.416 e. The van der Waals surface area contributed by atoms with Gasteiger partial charge in [-0.3, -0.25) is 14.9 Å². The third kappa shape index (κ3) is 5.85. The van der Waals surface area contributed by atoms with Crippen molar-refractivity contribution in [2.75, 3.05) is 14.1 Å². The summed E-state index contributed by atoms with van der Waals surface area (Å²) in [6.07, 6.45) is -5.82. The molecule has 8 nitrogen and oxygen atoms in total. The highest BCUT2D eigenvalue weighted by Gasteiger charge is 2.31. The van der Waals surface area contributed by atoms with Crippen molar-refractivity contribution in [1.82, 2.24) is 4.90 Å². The molecular formula is C19H16ClF3N2O6. The number of esters is 1. The van der Waals surface area contributed by atoms with Crippen molar-refractivity contribution in [2.24, 2.45) is 0 Å². The van der Waals surface area contributed by atoms with Gasteiger partial charge in [0.25, 0.3) is 11.6 Å². The summed E-state index contributed by atoms with van der Waals surface area (Å²) in [5.74, 6) is -1.98. The molecule has 0 aliphatic carbocycles. The molecule has 0 saturated heterocycles. The Bertz CT molecular complexity index is 1030. The number of carbonyl (C=O) groups excluding carboxylic acids is 2. The van der Waals surface area contributed by atoms with E-state index in [4.69, 9.17) is 21.1 Å². The van der Waals surface area contributed by atoms with Gasteiger partial charge in [0.2, 0.25) is 0 Å². The van der Waals surface area contributed by atoms with Crippen LogP contribution in [-0.2, 0) is 15.7 Å². The van der Waals surface area contributed by atoms with E-state index in [1.807, 2.05) is 0 Å². The number of hydrogen-bond donors (Lipinski definition) is 0. The predicted molar refractivity (Wildman–Crippen MR) is 103 cm³/mol. The highest BCUT2D eigenvalue weighted by molar-refractivity contribution is 6.32. The van der Waals surface area contributed by atoms with Crippen molar-refractivity contribution in [1.29, 1.82) is 0 Å². The largest absolute Gasteiger partial charge is 0.456 e. The molecular weight excluding hydrogens is 445 g/mol. The Morgan fingerprint density at radius 3 is 2.32 bits per heavy atom. The van der Waals surface area contributed by atoms with Gasteiger partial charge in [-0.2, -0.15) is 13.2 Å². The molecule has 1 amide bonds. The minimum Gasteiger partial charge on any atom is -0.456 e. The molecule has 0 aliphatic heterocycles. The fourth-order valence-corrected chi connectivity index (χ4v) is 2.65. The van der Waals surface area contributed by atoms with E-state index >= 15 is 0 Å². The lowest BCUT2D eigenvalue weighted by Crippen LogP contribution is -2.35. The van der Waals surface area contributed by atoms with Gasteiger partial charge in [0.05, 0.1) is 15.5 Å². The van der Waals surface area contributed by atoms with E-state index in [9.17, 15) is 32.9 Å². The molecule has 0 aliphatic rings. The van der Waals surface area contributed by atoms with Crippen LogP contribution in [0.15, 0.2) is 36.4 Å². The van der Waals surface area contributed by atoms with Gasteiger partial charge in [-0.1, -0.05) is 11.6 Å². The number of alkyl halides is 3. The summed E-state index contributed by atoms with van der Waals surface area (Å²) >= 11 is 5.84. The lowest BCUT2D eigenvalue weighted by molar-refractivity contribution is -0.385. The van der Waals surface area contributed by atoms with Crippen molar-refractivity contribution < 1.29 is 37.2 Å². The normalized spacial score (nSPS) is 12.1. The number of nitro benzene ring substituents is 1. The molecule has 1 unspecified atom stereocenters. The van der Waals surface area contributed by atoms with Crippen LogP contribution in [0.5, 0.6) is 11.5 Å². The topological polar surface area (TPSA) is 99.0 Å². The predicted octanol–water partition coefficient (Wildman–Crippen LogP) is 4.69. The first-order chi connectivity index (χ1) is 14.3. The summed E-state index contributed by atoms with van der Waals surface area (Å²) < 4.78 is 48.7. The second kappa shape index (κ2) is 9.21. The molecule has 0 radical (unpaired) electrons. The molecule has 1 atom stereocenters. The number of halogens is 4. The fraction of sp³-hybridized carbons (Fsp3) is 0.263. The van der Waals surface area contributed by atoms with Crippen LogP contribution in [0.2, 0.25) is 5.02 Å². The summed E-state index contributed by atoms with van der Waals surface area (Å²) in [5, 5.41) is 10.9. The van der Waals surface area contributed by atoms with Crippen molar-refractivity contribution in [3.63, 3.8) is 0 Å². The van der Waals surface area contributed by atoms with E-state index in [1.165, 1.54) is 25.9 Å². The lowest BCUT2D eigenvalue weighted by atomic mass is 10.1. The number of hydrogen-bond acceptors (Lipinski definition) is 6. The van der Waals surface area contributed by atoms with Gasteiger partial charge in [0.15, 0.2) is 6.10 Å². The zero-order chi connectivity index (χ0) is 23.5. The standard InChI is InChI=1S/C19H16ClF3N2O6/c1-10(17(26)24(2)3)30-18(27)13-9-12(5-6-15(13)25(28)29)31-16-7-4-11(8-14(16)20)19(21,22)23/h4-10H,1-3H3. The summed E-state index contributed by atoms with van der Waals surface area (Å²) in [6, 6.07) is 5.45. The first-order valence-corrected chi connectivity index (χ1v) is 8.94. The summed E-state index contributed by atoms with van der Waals surface area (Å²) in [5.41, 5.74) is -2.11. The Kier molecular flexibility index (Phi) is 7.11. The van der Waals surface area contributed by atoms with E-state index in [2.05, 4.69) is 0 Å². The maximum atomic E-state index is 12.8. The maximum Gasteiger partial charge on any atom is 0.416 e. The quantitative estimate of drug-likeness (QED) is 0.352. The Balaban J connectivity index is 2.34. The van der Waals surface area contributed by atoms with Gasteiger partial charge >= 0.3 is 12.1 Å². The Hall–Kier alpha value is -3.34. The maximum absolute atomic E-state index is 12.8. The molecule has 31 heavy (non-hydrogen) atoms. The average Bonchev–Trinajstić information content (AvgIpc) is 2.67. The minimum absolute atomic E-state index is 0.120. The molecule has 0 saturated carbocycles. The van der Waals surface area contributed by atoms with Gasteiger partial charge < -0.3 is 14.4 Å². The van der Waals surface area contributed by atoms with Crippen molar-refractivity contribution >= 4 is 29.2 Å². The lowest BCUT2D eigenvalue weighted by Gasteiger charge is -2.17. The summed E-state index contributed by atoms with van der Waals surface area (Å²) in [7, 11) is 2.88. The highest BCUT2D eigenvalue weighted by atomic mass is 35.5. The molecule has 2 rings (SSSR count). The van der Waals surface area contributed by atoms with E-state index in [0.29, 0.717) is 6.07 Å². The van der Waals surface area contributed by atoms with Crippen LogP contribution >= 0.6 is 11.6 Å². The van der Waals surface area contributed by atoms with Crippen LogP contribution in [-0.4, -0.2) is 41.9 Å². The SMILES string of the molecule is CC(OC(=O)c1cc(Oc2ccc(C(F)(F)F)cc2Cl)ccc1[N+](=O)[O-])C(=O)N(C)C. The number of likely N-dealkylation sites (N-methyl/N-ethyl adjacent to an activating group) is 1. The molecule has 12 heteroatoms. The fourth-order valence-electron chi connectivity index (χ4n) is 2.43. The van der Waals surface area contributed by atoms with Gasteiger partial charge in [0.1, 0.15) is 17.1 Å². The summed E-state index contributed by atoms with van der Waals surface area (Å²) in [6.45, 7) is 1.30. The Morgan fingerprint density at radius 1 is 1.16 bits per heavy atom. The molecule has 0 heterocycles. The average molecular weight is 461 g/mol. The molecule has 166 valence electrons. The number of nitro groups is 1. The first kappa shape index (κ1) is 23.9. The van der Waals surface area contributed by atoms with Crippen molar-refractivity contribution in [2.45, 2.75) is 19.2 Å². The van der Waals surface area contributed by atoms with Gasteiger partial charge in [-0.25, -0.2) is 4.79 Å². The van der Waals surface area contributed by atoms with E-state index in [-0.39, 0.29) is 16.5 Å². The molecule has 2 aromatic carbocycles. The number of benzene rings is 2. The molecule has 0 spiro atoms. The molecule has 0 N–H and O–H groups in total. The molecule has 0 aromatic heterocycles. The van der Waals surface area contributed by atoms with E-state index in [0.717, 1.165) is 30.3 Å². The first-order valence-electron chi connectivity index (χ1n) is 8.56. The molecule has 0 bridgehead atoms. The highest BCUT2D eigenvalue weighted by Crippen LogP contribution is 2.37. The Morgan fingerprint density at radius 2 is 1.81 bits per heavy atom. The van der Waals surface area contributed by atoms with Crippen LogP contribution in [0.1, 0.15) is 22.8 Å². The van der Waals surface area contributed by atoms with Crippen LogP contribution < -0.4 is 4.74 Å². The minimum atomic E-state index is -4.60. The zero-order valence-corrected chi connectivity index (χ0v) is 17.2. The summed E-state index contributed by atoms with van der Waals surface area (Å²) in [4.78, 5) is 35.9. The molecule has 2 aromatic rings. The second-order valence-electron chi connectivity index (χ2n) is 6.46. The van der Waals surface area contributed by atoms with Crippen LogP contribution in [0.3, 0.4) is 0 Å². The van der Waals surface area contributed by atoms with E-state index < -0.39 is 45.9 Å². The monoisotopic (exact) mass is 460 g/mol. The number of ether oxygens (including phenoxy) is 2.